The number of likely N-dealkylation sites (tertiary alicyclic amines) is 1. The largest absolute Gasteiger partial charge is 0.346 e. The van der Waals surface area contributed by atoms with Gasteiger partial charge in [-0.05, 0) is 45.4 Å². The molecule has 1 aliphatic rings. The highest BCUT2D eigenvalue weighted by atomic mass is 19.2. The van der Waals surface area contributed by atoms with Crippen molar-refractivity contribution >= 4 is 17.5 Å². The summed E-state index contributed by atoms with van der Waals surface area (Å²) in [6.07, 6.45) is 1.72. The zero-order valence-electron chi connectivity index (χ0n) is 16.5. The zero-order chi connectivity index (χ0) is 21.8. The summed E-state index contributed by atoms with van der Waals surface area (Å²) < 4.78 is 45.0. The van der Waals surface area contributed by atoms with E-state index in [1.807, 2.05) is 4.90 Å². The number of piperidine rings is 1. The van der Waals surface area contributed by atoms with Crippen molar-refractivity contribution in [1.29, 1.82) is 0 Å². The Bertz CT molecular complexity index is 936. The number of hydrogen-bond donors (Lipinski definition) is 2. The number of halogens is 3. The summed E-state index contributed by atoms with van der Waals surface area (Å²) in [5, 5.41) is 8.37. The van der Waals surface area contributed by atoms with Gasteiger partial charge >= 0.3 is 0 Å². The number of anilines is 1. The molecule has 3 rings (SSSR count). The highest BCUT2D eigenvalue weighted by Crippen LogP contribution is 2.26. The molecule has 1 aromatic heterocycles. The van der Waals surface area contributed by atoms with Crippen molar-refractivity contribution < 1.29 is 27.3 Å². The summed E-state index contributed by atoms with van der Waals surface area (Å²) in [7, 11) is 0. The second-order valence-corrected chi connectivity index (χ2v) is 7.18. The molecule has 1 saturated heterocycles. The highest BCUT2D eigenvalue weighted by Gasteiger charge is 2.30. The van der Waals surface area contributed by atoms with Gasteiger partial charge in [0.25, 0.3) is 0 Å². The minimum absolute atomic E-state index is 0.0230. The molecular formula is C19H22F3N5O3. The number of nitrogens with one attached hydrogen (secondary N) is 2. The molecule has 0 bridgehead atoms. The van der Waals surface area contributed by atoms with Crippen LogP contribution < -0.4 is 10.6 Å². The second-order valence-electron chi connectivity index (χ2n) is 7.18. The Hall–Kier alpha value is -2.95. The van der Waals surface area contributed by atoms with Gasteiger partial charge in [0.2, 0.25) is 17.7 Å². The third kappa shape index (κ3) is 4.96. The maximum Gasteiger partial charge on any atom is 0.243 e. The summed E-state index contributed by atoms with van der Waals surface area (Å²) in [6.45, 7) is 4.26. The van der Waals surface area contributed by atoms with Crippen LogP contribution in [-0.4, -0.2) is 52.5 Å². The van der Waals surface area contributed by atoms with Crippen molar-refractivity contribution in [3.8, 4) is 0 Å². The average molecular weight is 425 g/mol. The Morgan fingerprint density at radius 3 is 2.77 bits per heavy atom. The smallest absolute Gasteiger partial charge is 0.243 e. The van der Waals surface area contributed by atoms with Crippen LogP contribution in [0.1, 0.15) is 37.4 Å². The quantitative estimate of drug-likeness (QED) is 0.688. The number of aryl methyl sites for hydroxylation is 1. The van der Waals surface area contributed by atoms with Crippen LogP contribution >= 0.6 is 0 Å². The molecule has 2 unspecified atom stereocenters. The number of aromatic nitrogens is 2. The molecule has 2 aromatic rings. The number of amides is 2. The molecule has 0 spiro atoms. The van der Waals surface area contributed by atoms with E-state index in [2.05, 4.69) is 20.8 Å². The van der Waals surface area contributed by atoms with Gasteiger partial charge in [-0.15, -0.1) is 0 Å². The van der Waals surface area contributed by atoms with E-state index in [1.54, 1.807) is 13.8 Å². The molecule has 11 heteroatoms. The molecule has 2 heterocycles. The van der Waals surface area contributed by atoms with Gasteiger partial charge in [0.1, 0.15) is 0 Å². The fraction of sp³-hybridized carbons (Fsp3) is 0.474. The molecule has 30 heavy (non-hydrogen) atoms. The maximum absolute atomic E-state index is 13.6. The van der Waals surface area contributed by atoms with Crippen LogP contribution in [0.15, 0.2) is 16.7 Å². The highest BCUT2D eigenvalue weighted by molar-refractivity contribution is 5.95. The predicted molar refractivity (Wildman–Crippen MR) is 100 cm³/mol. The lowest BCUT2D eigenvalue weighted by molar-refractivity contribution is -0.128. The molecule has 162 valence electrons. The van der Waals surface area contributed by atoms with E-state index in [-0.39, 0.29) is 5.92 Å². The van der Waals surface area contributed by atoms with Crippen LogP contribution in [0, 0.1) is 24.4 Å². The van der Waals surface area contributed by atoms with Crippen LogP contribution in [0.4, 0.5) is 18.9 Å². The fourth-order valence-corrected chi connectivity index (χ4v) is 3.34. The molecular weight excluding hydrogens is 403 g/mol. The number of nitrogens with zero attached hydrogens (tertiary/aromatic N) is 3. The van der Waals surface area contributed by atoms with Crippen molar-refractivity contribution in [3.05, 3.63) is 41.3 Å². The minimum Gasteiger partial charge on any atom is -0.346 e. The molecule has 0 radical (unpaired) electrons. The van der Waals surface area contributed by atoms with Gasteiger partial charge in [-0.3, -0.25) is 14.5 Å². The first-order valence-corrected chi connectivity index (χ1v) is 9.51. The molecule has 2 atom stereocenters. The first-order valence-electron chi connectivity index (χ1n) is 9.51. The van der Waals surface area contributed by atoms with E-state index >= 15 is 0 Å². The lowest BCUT2D eigenvalue weighted by atomic mass is 9.96. The van der Waals surface area contributed by atoms with Gasteiger partial charge in [-0.25, -0.2) is 13.2 Å². The number of carbonyl (C=O) groups is 2. The van der Waals surface area contributed by atoms with Gasteiger partial charge in [0.15, 0.2) is 23.3 Å². The summed E-state index contributed by atoms with van der Waals surface area (Å²) in [6, 6.07) is 1.08. The summed E-state index contributed by atoms with van der Waals surface area (Å²) in [5.41, 5.74) is -0.505. The van der Waals surface area contributed by atoms with Crippen molar-refractivity contribution in [2.24, 2.45) is 0 Å². The molecule has 1 aromatic carbocycles. The molecule has 1 aliphatic heterocycles. The van der Waals surface area contributed by atoms with Gasteiger partial charge in [0.05, 0.1) is 24.2 Å². The Kier molecular flexibility index (Phi) is 6.70. The van der Waals surface area contributed by atoms with Crippen molar-refractivity contribution in [3.63, 3.8) is 0 Å². The van der Waals surface area contributed by atoms with Crippen LogP contribution in [-0.2, 0) is 9.59 Å². The van der Waals surface area contributed by atoms with E-state index in [0.29, 0.717) is 30.9 Å². The minimum atomic E-state index is -1.68. The van der Waals surface area contributed by atoms with Crippen LogP contribution in [0.3, 0.4) is 0 Å². The van der Waals surface area contributed by atoms with Crippen molar-refractivity contribution in [2.45, 2.75) is 38.6 Å². The maximum atomic E-state index is 13.6. The van der Waals surface area contributed by atoms with Gasteiger partial charge in [-0.1, -0.05) is 5.16 Å². The summed E-state index contributed by atoms with van der Waals surface area (Å²) in [5.74, 6) is -4.58. The van der Waals surface area contributed by atoms with Crippen molar-refractivity contribution in [1.82, 2.24) is 20.4 Å². The molecule has 0 saturated carbocycles. The predicted octanol–water partition coefficient (Wildman–Crippen LogP) is 2.12. The van der Waals surface area contributed by atoms with Crippen LogP contribution in [0.2, 0.25) is 0 Å². The standard InChI is InChI=1S/C19H22F3N5O3/c1-10(27-7-3-4-12(9-27)19-24-11(2)26-30-19)18(29)23-8-15(28)25-14-6-5-13(20)16(21)17(14)22/h5-6,10,12H,3-4,7-9H2,1-2H3,(H,23,29)(H,25,28). The number of carbonyl (C=O) groups excluding carboxylic acids is 2. The SMILES string of the molecule is Cc1noc(C2CCCN(C(C)C(=O)NCC(=O)Nc3ccc(F)c(F)c3F)C2)n1. The summed E-state index contributed by atoms with van der Waals surface area (Å²) >= 11 is 0. The average Bonchev–Trinajstić information content (AvgIpc) is 3.18. The molecule has 1 fully saturated rings. The third-order valence-electron chi connectivity index (χ3n) is 5.00. The van der Waals surface area contributed by atoms with E-state index in [4.69, 9.17) is 4.52 Å². The Labute approximate surface area is 170 Å². The molecule has 2 amide bonds. The van der Waals surface area contributed by atoms with Gasteiger partial charge in [0, 0.05) is 6.54 Å². The van der Waals surface area contributed by atoms with Crippen molar-refractivity contribution in [2.75, 3.05) is 25.0 Å². The Morgan fingerprint density at radius 2 is 2.07 bits per heavy atom. The summed E-state index contributed by atoms with van der Waals surface area (Å²) in [4.78, 5) is 30.6. The van der Waals surface area contributed by atoms with E-state index in [0.717, 1.165) is 18.9 Å². The number of benzene rings is 1. The van der Waals surface area contributed by atoms with Gasteiger partial charge in [-0.2, -0.15) is 4.98 Å². The van der Waals surface area contributed by atoms with Crippen LogP contribution in [0.25, 0.3) is 0 Å². The lowest BCUT2D eigenvalue weighted by Crippen LogP contribution is -2.49. The van der Waals surface area contributed by atoms with Crippen LogP contribution in [0.5, 0.6) is 0 Å². The number of rotatable bonds is 6. The van der Waals surface area contributed by atoms with Gasteiger partial charge < -0.3 is 15.2 Å². The van der Waals surface area contributed by atoms with E-state index in [9.17, 15) is 22.8 Å². The zero-order valence-corrected chi connectivity index (χ0v) is 16.5. The molecule has 8 nitrogen and oxygen atoms in total. The Morgan fingerprint density at radius 1 is 1.30 bits per heavy atom. The third-order valence-corrected chi connectivity index (χ3v) is 5.00. The fourth-order valence-electron chi connectivity index (χ4n) is 3.34. The first kappa shape index (κ1) is 21.8. The first-order chi connectivity index (χ1) is 14.3. The molecule has 2 N–H and O–H groups in total. The second kappa shape index (κ2) is 9.24. The Balaban J connectivity index is 1.51. The normalized spacial score (nSPS) is 18.1. The topological polar surface area (TPSA) is 100 Å². The van der Waals surface area contributed by atoms with E-state index < -0.39 is 47.5 Å². The monoisotopic (exact) mass is 425 g/mol. The molecule has 0 aliphatic carbocycles. The number of hydrogen-bond acceptors (Lipinski definition) is 6. The lowest BCUT2D eigenvalue weighted by Gasteiger charge is -2.34. The van der Waals surface area contributed by atoms with E-state index in [1.165, 1.54) is 0 Å².